The van der Waals surface area contributed by atoms with E-state index in [2.05, 4.69) is 20.4 Å². The van der Waals surface area contributed by atoms with Crippen LogP contribution in [0.3, 0.4) is 0 Å². The van der Waals surface area contributed by atoms with Crippen LogP contribution in [0.5, 0.6) is 11.5 Å². The monoisotopic (exact) mass is 553 g/mol. The third kappa shape index (κ3) is 8.82. The van der Waals surface area contributed by atoms with Gasteiger partial charge in [-0.2, -0.15) is 8.78 Å². The summed E-state index contributed by atoms with van der Waals surface area (Å²) in [5.41, 5.74) is 1.75. The summed E-state index contributed by atoms with van der Waals surface area (Å²) < 4.78 is 53.9. The standard InChI is InChI=1S/C21H26F3N3O3.HI/c1-4-25-21(26-11-14-5-7-18(22)16(9-14)13-28-2)27-12-15-10-17(29-3)6-8-19(15)30-20(23)24;/h5-10,20H,4,11-13H2,1-3H3,(H2,25,26,27);1H. The summed E-state index contributed by atoms with van der Waals surface area (Å²) in [7, 11) is 2.99. The van der Waals surface area contributed by atoms with Crippen LogP contribution in [-0.2, 0) is 24.4 Å². The molecule has 0 saturated heterocycles. The maximum Gasteiger partial charge on any atom is 0.387 e. The average Bonchev–Trinajstić information content (AvgIpc) is 2.72. The number of methoxy groups -OCH3 is 2. The van der Waals surface area contributed by atoms with Crippen LogP contribution in [0.4, 0.5) is 13.2 Å². The smallest absolute Gasteiger partial charge is 0.387 e. The number of hydrogen-bond acceptors (Lipinski definition) is 4. The van der Waals surface area contributed by atoms with Crippen LogP contribution < -0.4 is 20.1 Å². The second kappa shape index (κ2) is 14.0. The van der Waals surface area contributed by atoms with Crippen molar-refractivity contribution in [2.24, 2.45) is 4.99 Å². The van der Waals surface area contributed by atoms with Crippen LogP contribution in [0.2, 0.25) is 0 Å². The summed E-state index contributed by atoms with van der Waals surface area (Å²) in [5, 5.41) is 6.17. The van der Waals surface area contributed by atoms with E-state index in [0.717, 1.165) is 5.56 Å². The van der Waals surface area contributed by atoms with Crippen LogP contribution in [0.15, 0.2) is 41.4 Å². The Morgan fingerprint density at radius 2 is 1.84 bits per heavy atom. The molecule has 2 rings (SSSR count). The highest BCUT2D eigenvalue weighted by molar-refractivity contribution is 14.0. The lowest BCUT2D eigenvalue weighted by molar-refractivity contribution is -0.0505. The number of nitrogens with zero attached hydrogens (tertiary/aromatic N) is 1. The molecule has 10 heteroatoms. The van der Waals surface area contributed by atoms with Crippen molar-refractivity contribution in [1.29, 1.82) is 0 Å². The van der Waals surface area contributed by atoms with Gasteiger partial charge in [-0.3, -0.25) is 0 Å². The van der Waals surface area contributed by atoms with Crippen LogP contribution in [0.1, 0.15) is 23.6 Å². The van der Waals surface area contributed by atoms with Crippen LogP contribution >= 0.6 is 24.0 Å². The van der Waals surface area contributed by atoms with Gasteiger partial charge in [-0.1, -0.05) is 6.07 Å². The molecular weight excluding hydrogens is 526 g/mol. The molecule has 0 unspecified atom stereocenters. The zero-order valence-electron chi connectivity index (χ0n) is 17.6. The maximum absolute atomic E-state index is 13.8. The molecule has 6 nitrogen and oxygen atoms in total. The predicted octanol–water partition coefficient (Wildman–Crippen LogP) is 4.46. The molecule has 2 N–H and O–H groups in total. The minimum absolute atomic E-state index is 0. The molecule has 2 aromatic carbocycles. The van der Waals surface area contributed by atoms with Gasteiger partial charge >= 0.3 is 6.61 Å². The van der Waals surface area contributed by atoms with Crippen LogP contribution in [0.25, 0.3) is 0 Å². The summed E-state index contributed by atoms with van der Waals surface area (Å²) >= 11 is 0. The fourth-order valence-corrected chi connectivity index (χ4v) is 2.72. The van der Waals surface area contributed by atoms with Crippen molar-refractivity contribution in [2.75, 3.05) is 20.8 Å². The Labute approximate surface area is 197 Å². The highest BCUT2D eigenvalue weighted by Crippen LogP contribution is 2.25. The first-order chi connectivity index (χ1) is 14.5. The fourth-order valence-electron chi connectivity index (χ4n) is 2.72. The zero-order chi connectivity index (χ0) is 21.9. The lowest BCUT2D eigenvalue weighted by Gasteiger charge is -2.15. The molecule has 0 saturated carbocycles. The Kier molecular flexibility index (Phi) is 12.1. The van der Waals surface area contributed by atoms with Gasteiger partial charge in [0.05, 0.1) is 20.3 Å². The van der Waals surface area contributed by atoms with Gasteiger partial charge in [-0.05, 0) is 42.8 Å². The van der Waals surface area contributed by atoms with Crippen molar-refractivity contribution >= 4 is 29.9 Å². The van der Waals surface area contributed by atoms with E-state index < -0.39 is 6.61 Å². The Hall–Kier alpha value is -2.21. The second-order valence-electron chi connectivity index (χ2n) is 6.26. The second-order valence-corrected chi connectivity index (χ2v) is 6.26. The fraction of sp³-hybridized carbons (Fsp3) is 0.381. The zero-order valence-corrected chi connectivity index (χ0v) is 19.9. The van der Waals surface area contributed by atoms with Crippen LogP contribution in [-0.4, -0.2) is 33.3 Å². The van der Waals surface area contributed by atoms with E-state index in [1.54, 1.807) is 24.3 Å². The summed E-state index contributed by atoms with van der Waals surface area (Å²) in [5.74, 6) is 0.712. The molecule has 0 fully saturated rings. The highest BCUT2D eigenvalue weighted by atomic mass is 127. The van der Waals surface area contributed by atoms with E-state index in [-0.39, 0.29) is 48.7 Å². The molecule has 0 aliphatic heterocycles. The molecular formula is C21H27F3IN3O3. The summed E-state index contributed by atoms with van der Waals surface area (Å²) in [4.78, 5) is 4.47. The van der Waals surface area contributed by atoms with Crippen molar-refractivity contribution in [3.8, 4) is 11.5 Å². The number of halogens is 4. The lowest BCUT2D eigenvalue weighted by atomic mass is 10.1. The van der Waals surface area contributed by atoms with E-state index in [1.165, 1.54) is 26.4 Å². The lowest BCUT2D eigenvalue weighted by Crippen LogP contribution is -2.36. The molecule has 0 amide bonds. The number of hydrogen-bond donors (Lipinski definition) is 2. The molecule has 31 heavy (non-hydrogen) atoms. The van der Waals surface area contributed by atoms with Crippen molar-refractivity contribution in [3.63, 3.8) is 0 Å². The van der Waals surface area contributed by atoms with E-state index in [1.807, 2.05) is 6.92 Å². The molecule has 0 aliphatic carbocycles. The Balaban J connectivity index is 0.00000480. The summed E-state index contributed by atoms with van der Waals surface area (Å²) in [6, 6.07) is 9.32. The molecule has 0 radical (unpaired) electrons. The quantitative estimate of drug-likeness (QED) is 0.259. The average molecular weight is 553 g/mol. The Bertz CT molecular complexity index is 854. The molecule has 0 spiro atoms. The first-order valence-corrected chi connectivity index (χ1v) is 9.37. The van der Waals surface area contributed by atoms with Gasteiger partial charge in [-0.15, -0.1) is 24.0 Å². The third-order valence-electron chi connectivity index (χ3n) is 4.10. The van der Waals surface area contributed by atoms with Gasteiger partial charge in [0.15, 0.2) is 5.96 Å². The molecule has 0 heterocycles. The predicted molar refractivity (Wildman–Crippen MR) is 124 cm³/mol. The number of aliphatic imine (C=N–C) groups is 1. The first-order valence-electron chi connectivity index (χ1n) is 9.37. The summed E-state index contributed by atoms with van der Waals surface area (Å²) in [6.45, 7) is 0.225. The largest absolute Gasteiger partial charge is 0.497 e. The number of rotatable bonds is 10. The number of ether oxygens (including phenoxy) is 3. The minimum atomic E-state index is -2.93. The summed E-state index contributed by atoms with van der Waals surface area (Å²) in [6.07, 6.45) is 0. The van der Waals surface area contributed by atoms with Crippen molar-refractivity contribution in [2.45, 2.75) is 33.2 Å². The highest BCUT2D eigenvalue weighted by Gasteiger charge is 2.12. The van der Waals surface area contributed by atoms with E-state index in [9.17, 15) is 13.2 Å². The number of benzene rings is 2. The van der Waals surface area contributed by atoms with Gasteiger partial charge in [-0.25, -0.2) is 9.38 Å². The number of alkyl halides is 2. The molecule has 0 atom stereocenters. The van der Waals surface area contributed by atoms with E-state index in [4.69, 9.17) is 9.47 Å². The third-order valence-corrected chi connectivity index (χ3v) is 4.10. The van der Waals surface area contributed by atoms with Crippen molar-refractivity contribution in [3.05, 3.63) is 58.9 Å². The normalized spacial score (nSPS) is 11.1. The number of nitrogens with one attached hydrogen (secondary N) is 2. The van der Waals surface area contributed by atoms with Crippen molar-refractivity contribution in [1.82, 2.24) is 10.6 Å². The van der Waals surface area contributed by atoms with E-state index >= 15 is 0 Å². The maximum atomic E-state index is 13.8. The van der Waals surface area contributed by atoms with E-state index in [0.29, 0.717) is 35.9 Å². The van der Waals surface area contributed by atoms with Crippen molar-refractivity contribution < 1.29 is 27.4 Å². The minimum Gasteiger partial charge on any atom is -0.497 e. The molecule has 2 aromatic rings. The van der Waals surface area contributed by atoms with Gasteiger partial charge < -0.3 is 24.8 Å². The Morgan fingerprint density at radius 1 is 1.06 bits per heavy atom. The first kappa shape index (κ1) is 26.8. The Morgan fingerprint density at radius 3 is 2.48 bits per heavy atom. The molecule has 0 aromatic heterocycles. The van der Waals surface area contributed by atoms with Gasteiger partial charge in [0.1, 0.15) is 17.3 Å². The topological polar surface area (TPSA) is 64.1 Å². The number of guanidine groups is 1. The van der Waals surface area contributed by atoms with Gasteiger partial charge in [0.25, 0.3) is 0 Å². The molecule has 172 valence electrons. The van der Waals surface area contributed by atoms with Gasteiger partial charge in [0.2, 0.25) is 0 Å². The molecule has 0 bridgehead atoms. The SMILES string of the molecule is CCNC(=NCc1ccc(F)c(COC)c1)NCc1cc(OC)ccc1OC(F)F.I. The van der Waals surface area contributed by atoms with Crippen LogP contribution in [0, 0.1) is 5.82 Å². The van der Waals surface area contributed by atoms with Gasteiger partial charge in [0, 0.05) is 31.3 Å². The molecule has 0 aliphatic rings.